The van der Waals surface area contributed by atoms with Gasteiger partial charge >= 0.3 is 0 Å². The number of amides is 1. The molecule has 4 nitrogen and oxygen atoms in total. The molecule has 0 saturated carbocycles. The van der Waals surface area contributed by atoms with Crippen molar-refractivity contribution in [3.8, 4) is 0 Å². The Morgan fingerprint density at radius 2 is 1.78 bits per heavy atom. The maximum Gasteiger partial charge on any atom is 0.166 e. The number of pyridine rings is 1. The number of H-pyrrole nitrogens is 1. The second-order valence-electron chi connectivity index (χ2n) is 3.98. The first kappa shape index (κ1) is 16.4. The SMILES string of the molecule is CCCCCCN(CC)C(=O)[O-].c1cc[nH+]cc1. The van der Waals surface area contributed by atoms with Gasteiger partial charge in [-0.25, -0.2) is 4.98 Å². The summed E-state index contributed by atoms with van der Waals surface area (Å²) in [6, 6.07) is 5.86. The number of carboxylic acid groups (broad SMARTS) is 1. The molecule has 0 aliphatic carbocycles. The van der Waals surface area contributed by atoms with E-state index < -0.39 is 6.09 Å². The van der Waals surface area contributed by atoms with Crippen molar-refractivity contribution in [3.63, 3.8) is 0 Å². The van der Waals surface area contributed by atoms with E-state index in [1.165, 1.54) is 17.7 Å². The van der Waals surface area contributed by atoms with E-state index in [0.717, 1.165) is 12.8 Å². The maximum absolute atomic E-state index is 10.4. The van der Waals surface area contributed by atoms with Crippen molar-refractivity contribution >= 4 is 6.09 Å². The molecule has 1 N–H and O–H groups in total. The van der Waals surface area contributed by atoms with Gasteiger partial charge in [-0.1, -0.05) is 32.3 Å². The standard InChI is InChI=1S/C9H19NO2.C5H5N/c1-3-5-6-7-8-10(4-2)9(11)12;1-2-4-6-5-3-1/h3-8H2,1-2H3,(H,11,12);1-5H. The van der Waals surface area contributed by atoms with Crippen LogP contribution in [0.5, 0.6) is 0 Å². The zero-order chi connectivity index (χ0) is 13.6. The summed E-state index contributed by atoms with van der Waals surface area (Å²) in [7, 11) is 0. The molecule has 1 aromatic heterocycles. The molecule has 1 amide bonds. The number of nitrogens with zero attached hydrogens (tertiary/aromatic N) is 1. The Morgan fingerprint density at radius 1 is 1.11 bits per heavy atom. The molecule has 0 spiro atoms. The summed E-state index contributed by atoms with van der Waals surface area (Å²) in [5.41, 5.74) is 0. The summed E-state index contributed by atoms with van der Waals surface area (Å²) in [6.07, 6.45) is 7.13. The third kappa shape index (κ3) is 9.63. The lowest BCUT2D eigenvalue weighted by Gasteiger charge is -2.22. The third-order valence-electron chi connectivity index (χ3n) is 2.53. The van der Waals surface area contributed by atoms with E-state index >= 15 is 0 Å². The molecule has 0 radical (unpaired) electrons. The minimum Gasteiger partial charge on any atom is -0.530 e. The van der Waals surface area contributed by atoms with Crippen LogP contribution in [0.1, 0.15) is 39.5 Å². The first-order valence-corrected chi connectivity index (χ1v) is 6.59. The number of nitrogens with one attached hydrogen (secondary N) is 1. The topological polar surface area (TPSA) is 57.5 Å². The predicted octanol–water partition coefficient (Wildman–Crippen LogP) is 1.73. The molecule has 0 unspecified atom stereocenters. The van der Waals surface area contributed by atoms with Crippen LogP contribution in [-0.4, -0.2) is 24.1 Å². The average molecular weight is 252 g/mol. The molecule has 0 aliphatic rings. The van der Waals surface area contributed by atoms with Gasteiger partial charge in [-0.15, -0.1) is 0 Å². The van der Waals surface area contributed by atoms with Gasteiger partial charge in [-0.3, -0.25) is 0 Å². The number of rotatable bonds is 6. The van der Waals surface area contributed by atoms with Gasteiger partial charge in [0, 0.05) is 25.2 Å². The van der Waals surface area contributed by atoms with E-state index in [1.54, 1.807) is 0 Å². The number of hydrogen-bond acceptors (Lipinski definition) is 2. The molecule has 1 heterocycles. The summed E-state index contributed by atoms with van der Waals surface area (Å²) in [5, 5.41) is 10.4. The number of aromatic nitrogens is 1. The molecular formula is C14H24N2O2. The Hall–Kier alpha value is -1.58. The highest BCUT2D eigenvalue weighted by molar-refractivity contribution is 5.62. The molecule has 0 aliphatic heterocycles. The van der Waals surface area contributed by atoms with E-state index in [1.807, 2.05) is 37.5 Å². The highest BCUT2D eigenvalue weighted by atomic mass is 16.4. The smallest absolute Gasteiger partial charge is 0.166 e. The lowest BCUT2D eigenvalue weighted by molar-refractivity contribution is -0.377. The van der Waals surface area contributed by atoms with Crippen molar-refractivity contribution in [2.75, 3.05) is 13.1 Å². The molecule has 102 valence electrons. The number of hydrogen-bond donors (Lipinski definition) is 0. The van der Waals surface area contributed by atoms with Gasteiger partial charge in [0.1, 0.15) is 6.09 Å². The molecule has 0 aromatic carbocycles. The molecule has 18 heavy (non-hydrogen) atoms. The molecular weight excluding hydrogens is 228 g/mol. The Kier molecular flexibility index (Phi) is 10.8. The zero-order valence-corrected chi connectivity index (χ0v) is 11.4. The Labute approximate surface area is 110 Å². The number of carbonyl (C=O) groups excluding carboxylic acids is 1. The highest BCUT2D eigenvalue weighted by Crippen LogP contribution is 2.00. The minimum absolute atomic E-state index is 0.536. The van der Waals surface area contributed by atoms with E-state index in [0.29, 0.717) is 13.1 Å². The van der Waals surface area contributed by atoms with Gasteiger partial charge in [-0.05, 0) is 13.3 Å². The second-order valence-corrected chi connectivity index (χ2v) is 3.98. The molecule has 1 rings (SSSR count). The van der Waals surface area contributed by atoms with Gasteiger partial charge in [0.2, 0.25) is 0 Å². The fourth-order valence-electron chi connectivity index (χ4n) is 1.45. The monoisotopic (exact) mass is 252 g/mol. The summed E-state index contributed by atoms with van der Waals surface area (Å²) in [4.78, 5) is 14.6. The van der Waals surface area contributed by atoms with Crippen LogP contribution in [0.3, 0.4) is 0 Å². The molecule has 0 bridgehead atoms. The van der Waals surface area contributed by atoms with Crippen molar-refractivity contribution in [2.45, 2.75) is 39.5 Å². The van der Waals surface area contributed by atoms with Gasteiger partial charge in [0.25, 0.3) is 0 Å². The zero-order valence-electron chi connectivity index (χ0n) is 11.4. The lowest BCUT2D eigenvalue weighted by atomic mass is 10.2. The lowest BCUT2D eigenvalue weighted by Crippen LogP contribution is -2.41. The van der Waals surface area contributed by atoms with Crippen LogP contribution in [0, 0.1) is 0 Å². The Morgan fingerprint density at radius 3 is 2.11 bits per heavy atom. The largest absolute Gasteiger partial charge is 0.530 e. The highest BCUT2D eigenvalue weighted by Gasteiger charge is 1.99. The van der Waals surface area contributed by atoms with E-state index in [-0.39, 0.29) is 0 Å². The normalized spacial score (nSPS) is 9.22. The molecule has 0 saturated heterocycles. The molecule has 1 aromatic rings. The number of carbonyl (C=O) groups is 1. The van der Waals surface area contributed by atoms with Crippen LogP contribution in [0.25, 0.3) is 0 Å². The fraction of sp³-hybridized carbons (Fsp3) is 0.571. The first-order chi connectivity index (χ1) is 8.72. The van der Waals surface area contributed by atoms with Crippen LogP contribution in [-0.2, 0) is 0 Å². The van der Waals surface area contributed by atoms with E-state index in [4.69, 9.17) is 0 Å². The quantitative estimate of drug-likeness (QED) is 0.724. The number of unbranched alkanes of at least 4 members (excludes halogenated alkanes) is 3. The van der Waals surface area contributed by atoms with Crippen LogP contribution in [0.15, 0.2) is 30.6 Å². The summed E-state index contributed by atoms with van der Waals surface area (Å²) in [5.74, 6) is 0. The fourth-order valence-corrected chi connectivity index (χ4v) is 1.45. The first-order valence-electron chi connectivity index (χ1n) is 6.59. The average Bonchev–Trinajstić information content (AvgIpc) is 2.41. The van der Waals surface area contributed by atoms with Gasteiger partial charge in [-0.2, -0.15) is 0 Å². The van der Waals surface area contributed by atoms with E-state index in [9.17, 15) is 9.90 Å². The maximum atomic E-state index is 10.4. The van der Waals surface area contributed by atoms with Gasteiger partial charge in [0.05, 0.1) is 0 Å². The molecule has 4 heteroatoms. The van der Waals surface area contributed by atoms with Crippen molar-refractivity contribution in [3.05, 3.63) is 30.6 Å². The van der Waals surface area contributed by atoms with E-state index in [2.05, 4.69) is 11.9 Å². The predicted molar refractivity (Wildman–Crippen MR) is 69.8 cm³/mol. The summed E-state index contributed by atoms with van der Waals surface area (Å²) in [6.45, 7) is 5.12. The number of aromatic amines is 1. The minimum atomic E-state index is -1.05. The van der Waals surface area contributed by atoms with Crippen LogP contribution in [0.4, 0.5) is 4.79 Å². The van der Waals surface area contributed by atoms with Crippen LogP contribution < -0.4 is 10.1 Å². The van der Waals surface area contributed by atoms with Crippen LogP contribution in [0.2, 0.25) is 0 Å². The summed E-state index contributed by atoms with van der Waals surface area (Å²) < 4.78 is 0. The summed E-state index contributed by atoms with van der Waals surface area (Å²) >= 11 is 0. The molecule has 0 atom stereocenters. The van der Waals surface area contributed by atoms with Crippen molar-refractivity contribution < 1.29 is 14.9 Å². The van der Waals surface area contributed by atoms with Crippen LogP contribution >= 0.6 is 0 Å². The van der Waals surface area contributed by atoms with Gasteiger partial charge in [0.15, 0.2) is 12.4 Å². The molecule has 0 fully saturated rings. The Balaban J connectivity index is 0.000000397. The van der Waals surface area contributed by atoms with Crippen molar-refractivity contribution in [1.82, 2.24) is 4.90 Å². The van der Waals surface area contributed by atoms with Crippen molar-refractivity contribution in [1.29, 1.82) is 0 Å². The second kappa shape index (κ2) is 11.9. The van der Waals surface area contributed by atoms with Crippen molar-refractivity contribution in [2.24, 2.45) is 0 Å². The van der Waals surface area contributed by atoms with Gasteiger partial charge < -0.3 is 14.8 Å². The Bertz CT molecular complexity index is 264. The third-order valence-corrected chi connectivity index (χ3v) is 2.53.